The summed E-state index contributed by atoms with van der Waals surface area (Å²) in [5.74, 6) is 5.41. The Morgan fingerprint density at radius 2 is 1.12 bits per heavy atom. The van der Waals surface area contributed by atoms with Crippen molar-refractivity contribution in [3.8, 4) is 33.4 Å². The number of fused-ring (bicyclic) bond motifs is 5. The van der Waals surface area contributed by atoms with Gasteiger partial charge in [0.25, 0.3) is 0 Å². The maximum absolute atomic E-state index is 2.89. The van der Waals surface area contributed by atoms with Crippen LogP contribution in [0.15, 0.2) is 115 Å². The Kier molecular flexibility index (Phi) is 6.70. The number of nitrogens with zero attached hydrogens (tertiary/aromatic N) is 1. The van der Waals surface area contributed by atoms with Crippen LogP contribution in [-0.4, -0.2) is 5.54 Å². The lowest BCUT2D eigenvalue weighted by molar-refractivity contribution is 0.000548. The quantitative estimate of drug-likeness (QED) is 0.174. The molecule has 51 heavy (non-hydrogen) atoms. The molecule has 256 valence electrons. The molecule has 1 nitrogen and oxygen atoms in total. The summed E-state index contributed by atoms with van der Waals surface area (Å²) in [4.78, 5) is 2.89. The minimum atomic E-state index is -0.0465. The fourth-order valence-electron chi connectivity index (χ4n) is 13.1. The molecule has 0 aromatic heterocycles. The highest BCUT2D eigenvalue weighted by atomic mass is 15.2. The molecule has 5 aromatic carbocycles. The number of anilines is 2. The van der Waals surface area contributed by atoms with Crippen molar-refractivity contribution in [3.63, 3.8) is 0 Å². The molecule has 6 fully saturated rings. The lowest BCUT2D eigenvalue weighted by Gasteiger charge is -2.61. The average molecular weight is 666 g/mol. The molecule has 5 aromatic rings. The van der Waals surface area contributed by atoms with Gasteiger partial charge in [-0.1, -0.05) is 105 Å². The molecule has 12 rings (SSSR count). The second-order valence-corrected chi connectivity index (χ2v) is 18.4. The van der Waals surface area contributed by atoms with Crippen LogP contribution in [0.25, 0.3) is 33.4 Å². The zero-order chi connectivity index (χ0) is 33.9. The molecule has 3 atom stereocenters. The lowest BCUT2D eigenvalue weighted by Crippen LogP contribution is -2.58. The highest BCUT2D eigenvalue weighted by molar-refractivity contribution is 5.87. The van der Waals surface area contributed by atoms with E-state index in [9.17, 15) is 0 Å². The summed E-state index contributed by atoms with van der Waals surface area (Å²) in [7, 11) is 0. The summed E-state index contributed by atoms with van der Waals surface area (Å²) in [6, 6.07) is 44.8. The fourth-order valence-corrected chi connectivity index (χ4v) is 13.1. The molecule has 0 amide bonds. The zero-order valence-electron chi connectivity index (χ0n) is 30.5. The average Bonchev–Trinajstić information content (AvgIpc) is 3.85. The Bertz CT molecular complexity index is 2080. The first-order valence-electron chi connectivity index (χ1n) is 20.3. The third kappa shape index (κ3) is 4.79. The van der Waals surface area contributed by atoms with Crippen LogP contribution in [0.2, 0.25) is 0 Å². The van der Waals surface area contributed by atoms with E-state index < -0.39 is 0 Å². The molecule has 3 unspecified atom stereocenters. The first-order valence-corrected chi connectivity index (χ1v) is 20.3. The zero-order valence-corrected chi connectivity index (χ0v) is 30.5. The Morgan fingerprint density at radius 3 is 1.76 bits per heavy atom. The molecule has 0 saturated heterocycles. The van der Waals surface area contributed by atoms with Crippen LogP contribution in [0.1, 0.15) is 101 Å². The van der Waals surface area contributed by atoms with Crippen molar-refractivity contribution in [2.75, 3.05) is 4.90 Å². The molecule has 0 spiro atoms. The highest BCUT2D eigenvalue weighted by Gasteiger charge is 2.54. The molecule has 7 aliphatic carbocycles. The highest BCUT2D eigenvalue weighted by Crippen LogP contribution is 2.61. The van der Waals surface area contributed by atoms with Crippen molar-refractivity contribution in [1.29, 1.82) is 0 Å². The predicted octanol–water partition coefficient (Wildman–Crippen LogP) is 13.3. The van der Waals surface area contributed by atoms with Gasteiger partial charge in [-0.15, -0.1) is 0 Å². The molecule has 6 saturated carbocycles. The topological polar surface area (TPSA) is 3.24 Å². The summed E-state index contributed by atoms with van der Waals surface area (Å²) in [5, 5.41) is 0. The van der Waals surface area contributed by atoms with Crippen LogP contribution >= 0.6 is 0 Å². The minimum absolute atomic E-state index is 0.0465. The van der Waals surface area contributed by atoms with E-state index in [0.29, 0.717) is 0 Å². The SMILES string of the molecule is CC1(C)c2ccc(-c3ccc(-c4ccccc4)cc3)cc2-c2ccc(N(c3ccc(C4CC5CCC4C5)cc3)C34CC5CC(CC(C5)C3)C4)cc21. The molecule has 6 bridgehead atoms. The summed E-state index contributed by atoms with van der Waals surface area (Å²) in [6.07, 6.45) is 14.3. The van der Waals surface area contributed by atoms with E-state index >= 15 is 0 Å². The van der Waals surface area contributed by atoms with E-state index in [1.165, 1.54) is 120 Å². The van der Waals surface area contributed by atoms with Gasteiger partial charge in [0.1, 0.15) is 0 Å². The van der Waals surface area contributed by atoms with Gasteiger partial charge in [0.05, 0.1) is 0 Å². The Labute approximate surface area is 305 Å². The van der Waals surface area contributed by atoms with Crippen LogP contribution in [0, 0.1) is 29.6 Å². The standard InChI is InChI=1S/C50H51N/c1-49(2)47-21-16-40(38-12-10-37(11-13-38)36-6-4-3-5-7-36)27-46(47)44-20-19-43(28-48(44)49)51(50-29-33-22-34(30-50)24-35(23-33)31-50)42-17-14-39(15-18-42)45-26-32-8-9-41(45)25-32/h3-7,10-21,27-28,32-35,41,45H,8-9,22-26,29-31H2,1-2H3. The smallest absolute Gasteiger partial charge is 0.0459 e. The maximum Gasteiger partial charge on any atom is 0.0459 e. The van der Waals surface area contributed by atoms with Crippen LogP contribution in [0.3, 0.4) is 0 Å². The van der Waals surface area contributed by atoms with Gasteiger partial charge in [-0.3, -0.25) is 0 Å². The maximum atomic E-state index is 2.89. The van der Waals surface area contributed by atoms with E-state index in [1.807, 2.05) is 0 Å². The summed E-state index contributed by atoms with van der Waals surface area (Å²) < 4.78 is 0. The number of benzene rings is 5. The molecular weight excluding hydrogens is 615 g/mol. The summed E-state index contributed by atoms with van der Waals surface area (Å²) >= 11 is 0. The Hall–Kier alpha value is -4.10. The van der Waals surface area contributed by atoms with Gasteiger partial charge < -0.3 is 4.90 Å². The van der Waals surface area contributed by atoms with Gasteiger partial charge in [-0.25, -0.2) is 0 Å². The number of hydrogen-bond donors (Lipinski definition) is 0. The molecule has 7 aliphatic rings. The van der Waals surface area contributed by atoms with Gasteiger partial charge in [0.2, 0.25) is 0 Å². The first-order chi connectivity index (χ1) is 24.9. The summed E-state index contributed by atoms with van der Waals surface area (Å²) in [6.45, 7) is 4.91. The molecule has 0 heterocycles. The van der Waals surface area contributed by atoms with E-state index in [1.54, 1.807) is 5.56 Å². The molecule has 1 heteroatoms. The monoisotopic (exact) mass is 665 g/mol. The first kappa shape index (κ1) is 30.5. The van der Waals surface area contributed by atoms with E-state index in [-0.39, 0.29) is 11.0 Å². The number of hydrogen-bond acceptors (Lipinski definition) is 1. The second kappa shape index (κ2) is 11.2. The van der Waals surface area contributed by atoms with Gasteiger partial charge >= 0.3 is 0 Å². The number of rotatable bonds is 6. The normalized spacial score (nSPS) is 30.4. The molecule has 0 radical (unpaired) electrons. The molecular formula is C50H51N. The van der Waals surface area contributed by atoms with Gasteiger partial charge in [0.15, 0.2) is 0 Å². The van der Waals surface area contributed by atoms with Crippen LogP contribution < -0.4 is 4.90 Å². The van der Waals surface area contributed by atoms with Crippen molar-refractivity contribution in [1.82, 2.24) is 0 Å². The summed E-state index contributed by atoms with van der Waals surface area (Å²) in [5.41, 5.74) is 15.5. The predicted molar refractivity (Wildman–Crippen MR) is 213 cm³/mol. The Balaban J connectivity index is 0.972. The van der Waals surface area contributed by atoms with Crippen molar-refractivity contribution < 1.29 is 0 Å². The minimum Gasteiger partial charge on any atom is -0.335 e. The lowest BCUT2D eigenvalue weighted by atomic mass is 9.52. The largest absolute Gasteiger partial charge is 0.335 e. The van der Waals surface area contributed by atoms with E-state index in [2.05, 4.69) is 134 Å². The van der Waals surface area contributed by atoms with Gasteiger partial charge in [-0.05, 0) is 174 Å². The third-order valence-corrected chi connectivity index (χ3v) is 15.0. The molecule has 0 aliphatic heterocycles. The van der Waals surface area contributed by atoms with Crippen LogP contribution in [0.4, 0.5) is 11.4 Å². The molecule has 0 N–H and O–H groups in total. The van der Waals surface area contributed by atoms with Gasteiger partial charge in [0, 0.05) is 22.3 Å². The second-order valence-electron chi connectivity index (χ2n) is 18.4. The van der Waals surface area contributed by atoms with Crippen molar-refractivity contribution >= 4 is 11.4 Å². The van der Waals surface area contributed by atoms with Crippen molar-refractivity contribution in [2.45, 2.75) is 94.9 Å². The van der Waals surface area contributed by atoms with Crippen molar-refractivity contribution in [3.05, 3.63) is 132 Å². The van der Waals surface area contributed by atoms with Crippen LogP contribution in [-0.2, 0) is 5.41 Å². The fraction of sp³-hybridized carbons (Fsp3) is 0.400. The van der Waals surface area contributed by atoms with Crippen molar-refractivity contribution in [2.24, 2.45) is 29.6 Å². The third-order valence-electron chi connectivity index (χ3n) is 15.0. The van der Waals surface area contributed by atoms with E-state index in [4.69, 9.17) is 0 Å². The van der Waals surface area contributed by atoms with Gasteiger partial charge in [-0.2, -0.15) is 0 Å². The Morgan fingerprint density at radius 1 is 0.490 bits per heavy atom. The van der Waals surface area contributed by atoms with Crippen LogP contribution in [0.5, 0.6) is 0 Å². The van der Waals surface area contributed by atoms with E-state index in [0.717, 1.165) is 35.5 Å².